The summed E-state index contributed by atoms with van der Waals surface area (Å²) in [6.07, 6.45) is 4.12. The predicted molar refractivity (Wildman–Crippen MR) is 74.4 cm³/mol. The fourth-order valence-corrected chi connectivity index (χ4v) is 2.64. The number of aliphatic carboxylic acids is 1. The summed E-state index contributed by atoms with van der Waals surface area (Å²) in [6, 6.07) is -0.0496. The number of likely N-dealkylation sites (tertiary alicyclic amines) is 1. The number of nitrogens with zero attached hydrogens (tertiary/aromatic N) is 4. The fraction of sp³-hybridized carbons (Fsp3) is 0.692. The van der Waals surface area contributed by atoms with Crippen LogP contribution >= 0.6 is 0 Å². The van der Waals surface area contributed by atoms with Gasteiger partial charge in [-0.05, 0) is 25.2 Å². The lowest BCUT2D eigenvalue weighted by Crippen LogP contribution is -2.46. The van der Waals surface area contributed by atoms with Crippen molar-refractivity contribution in [2.75, 3.05) is 20.1 Å². The Kier molecular flexibility index (Phi) is 5.13. The Labute approximate surface area is 123 Å². The number of H-pyrrole nitrogens is 1. The Morgan fingerprint density at radius 2 is 2.38 bits per heavy atom. The Morgan fingerprint density at radius 1 is 1.57 bits per heavy atom. The molecule has 21 heavy (non-hydrogen) atoms. The van der Waals surface area contributed by atoms with Gasteiger partial charge in [-0.25, -0.2) is 9.78 Å². The number of carbonyl (C=O) groups is 2. The van der Waals surface area contributed by atoms with Crippen LogP contribution in [0.1, 0.15) is 31.5 Å². The van der Waals surface area contributed by atoms with Crippen molar-refractivity contribution < 1.29 is 14.7 Å². The number of amides is 2. The molecule has 2 amide bonds. The topological polar surface area (TPSA) is 102 Å². The Hall–Kier alpha value is -2.12. The highest BCUT2D eigenvalue weighted by Gasteiger charge is 2.26. The molecule has 1 unspecified atom stereocenters. The van der Waals surface area contributed by atoms with E-state index < -0.39 is 5.97 Å². The van der Waals surface area contributed by atoms with E-state index in [-0.39, 0.29) is 18.4 Å². The van der Waals surface area contributed by atoms with Crippen molar-refractivity contribution in [3.63, 3.8) is 0 Å². The summed E-state index contributed by atoms with van der Waals surface area (Å²) in [6.45, 7) is 1.74. The molecule has 0 bridgehead atoms. The summed E-state index contributed by atoms with van der Waals surface area (Å²) in [4.78, 5) is 30.4. The second-order valence-corrected chi connectivity index (χ2v) is 5.46. The molecule has 1 aliphatic heterocycles. The first-order valence-corrected chi connectivity index (χ1v) is 7.12. The molecule has 1 aliphatic rings. The van der Waals surface area contributed by atoms with Crippen molar-refractivity contribution in [3.05, 3.63) is 12.2 Å². The maximum atomic E-state index is 12.4. The Morgan fingerprint density at radius 3 is 3.05 bits per heavy atom. The summed E-state index contributed by atoms with van der Waals surface area (Å²) >= 11 is 0. The minimum Gasteiger partial charge on any atom is -0.481 e. The van der Waals surface area contributed by atoms with Crippen LogP contribution in [0.3, 0.4) is 0 Å². The summed E-state index contributed by atoms with van der Waals surface area (Å²) in [5.74, 6) is 0.142. The fourth-order valence-electron chi connectivity index (χ4n) is 2.64. The average molecular weight is 295 g/mol. The van der Waals surface area contributed by atoms with Crippen LogP contribution in [-0.4, -0.2) is 62.2 Å². The Balaban J connectivity index is 1.84. The van der Waals surface area contributed by atoms with E-state index in [9.17, 15) is 9.59 Å². The van der Waals surface area contributed by atoms with Crippen molar-refractivity contribution in [2.24, 2.45) is 5.92 Å². The molecule has 1 aromatic rings. The lowest BCUT2D eigenvalue weighted by atomic mass is 9.93. The summed E-state index contributed by atoms with van der Waals surface area (Å²) in [5, 5.41) is 15.2. The van der Waals surface area contributed by atoms with Gasteiger partial charge in [-0.3, -0.25) is 9.89 Å². The first kappa shape index (κ1) is 15.3. The maximum Gasteiger partial charge on any atom is 0.320 e. The van der Waals surface area contributed by atoms with Crippen molar-refractivity contribution in [3.8, 4) is 0 Å². The summed E-state index contributed by atoms with van der Waals surface area (Å²) in [7, 11) is 1.73. The quantitative estimate of drug-likeness (QED) is 0.841. The molecule has 1 aromatic heterocycles. The number of nitrogens with one attached hydrogen (secondary N) is 1. The number of hydrogen-bond donors (Lipinski definition) is 2. The zero-order chi connectivity index (χ0) is 15.2. The van der Waals surface area contributed by atoms with Crippen LogP contribution < -0.4 is 0 Å². The van der Waals surface area contributed by atoms with Gasteiger partial charge < -0.3 is 14.9 Å². The third-order valence-corrected chi connectivity index (χ3v) is 3.73. The van der Waals surface area contributed by atoms with Crippen molar-refractivity contribution in [1.82, 2.24) is 25.0 Å². The molecule has 0 aliphatic carbocycles. The number of carbonyl (C=O) groups excluding carboxylic acids is 1. The van der Waals surface area contributed by atoms with E-state index in [0.717, 1.165) is 19.4 Å². The maximum absolute atomic E-state index is 12.4. The number of urea groups is 1. The third-order valence-electron chi connectivity index (χ3n) is 3.73. The van der Waals surface area contributed by atoms with Gasteiger partial charge in [0.1, 0.15) is 12.2 Å². The van der Waals surface area contributed by atoms with E-state index in [1.54, 1.807) is 16.8 Å². The molecule has 0 radical (unpaired) electrons. The molecular weight excluding hydrogens is 274 g/mol. The Bertz CT molecular complexity index is 476. The number of hydrogen-bond acceptors (Lipinski definition) is 4. The molecule has 0 aromatic carbocycles. The van der Waals surface area contributed by atoms with Crippen LogP contribution in [0, 0.1) is 5.92 Å². The highest BCUT2D eigenvalue weighted by molar-refractivity contribution is 5.74. The zero-order valence-corrected chi connectivity index (χ0v) is 12.2. The minimum atomic E-state index is -0.777. The average Bonchev–Trinajstić information content (AvgIpc) is 2.97. The number of rotatable bonds is 5. The second-order valence-electron chi connectivity index (χ2n) is 5.46. The minimum absolute atomic E-state index is 0.0496. The lowest BCUT2D eigenvalue weighted by Gasteiger charge is -2.35. The highest BCUT2D eigenvalue weighted by atomic mass is 16.4. The van der Waals surface area contributed by atoms with Gasteiger partial charge in [-0.1, -0.05) is 0 Å². The van der Waals surface area contributed by atoms with Gasteiger partial charge in [0.05, 0.1) is 6.54 Å². The molecule has 116 valence electrons. The first-order valence-electron chi connectivity index (χ1n) is 7.12. The molecule has 2 heterocycles. The standard InChI is InChI=1S/C13H21N5O3/c1-17(8-11-14-9-15-16-11)13(21)18-6-2-3-10(7-18)4-5-12(19)20/h9-10H,2-8H2,1H3,(H,19,20)(H,14,15,16). The van der Waals surface area contributed by atoms with Crippen molar-refractivity contribution >= 4 is 12.0 Å². The van der Waals surface area contributed by atoms with E-state index in [1.807, 2.05) is 0 Å². The summed E-state index contributed by atoms with van der Waals surface area (Å²) < 4.78 is 0. The van der Waals surface area contributed by atoms with Crippen LogP contribution in [0.25, 0.3) is 0 Å². The van der Waals surface area contributed by atoms with E-state index in [0.29, 0.717) is 25.3 Å². The van der Waals surface area contributed by atoms with E-state index in [4.69, 9.17) is 5.11 Å². The van der Waals surface area contributed by atoms with Gasteiger partial charge in [-0.2, -0.15) is 5.10 Å². The molecule has 1 saturated heterocycles. The van der Waals surface area contributed by atoms with Gasteiger partial charge in [0.2, 0.25) is 0 Å². The van der Waals surface area contributed by atoms with E-state index >= 15 is 0 Å². The SMILES string of the molecule is CN(Cc1ncn[nH]1)C(=O)N1CCCC(CCC(=O)O)C1. The molecular formula is C13H21N5O3. The zero-order valence-electron chi connectivity index (χ0n) is 12.2. The van der Waals surface area contributed by atoms with Crippen LogP contribution in [-0.2, 0) is 11.3 Å². The lowest BCUT2D eigenvalue weighted by molar-refractivity contribution is -0.137. The van der Waals surface area contributed by atoms with Gasteiger partial charge in [-0.15, -0.1) is 0 Å². The highest BCUT2D eigenvalue weighted by Crippen LogP contribution is 2.22. The molecule has 0 spiro atoms. The molecule has 2 N–H and O–H groups in total. The van der Waals surface area contributed by atoms with Crippen molar-refractivity contribution in [2.45, 2.75) is 32.2 Å². The third kappa shape index (κ3) is 4.44. The van der Waals surface area contributed by atoms with E-state index in [1.165, 1.54) is 6.33 Å². The molecule has 1 fully saturated rings. The monoisotopic (exact) mass is 295 g/mol. The molecule has 8 heteroatoms. The van der Waals surface area contributed by atoms with Crippen LogP contribution in [0.4, 0.5) is 4.79 Å². The first-order chi connectivity index (χ1) is 10.1. The smallest absolute Gasteiger partial charge is 0.320 e. The number of carboxylic acid groups (broad SMARTS) is 1. The molecule has 2 rings (SSSR count). The van der Waals surface area contributed by atoms with Gasteiger partial charge in [0.25, 0.3) is 0 Å². The second kappa shape index (κ2) is 7.05. The number of piperidine rings is 1. The van der Waals surface area contributed by atoms with Crippen molar-refractivity contribution in [1.29, 1.82) is 0 Å². The number of aromatic amines is 1. The number of carboxylic acids is 1. The van der Waals surface area contributed by atoms with Gasteiger partial charge in [0, 0.05) is 26.6 Å². The summed E-state index contributed by atoms with van der Waals surface area (Å²) in [5.41, 5.74) is 0. The molecule has 1 atom stereocenters. The normalized spacial score (nSPS) is 18.5. The van der Waals surface area contributed by atoms with Gasteiger partial charge >= 0.3 is 12.0 Å². The molecule has 8 nitrogen and oxygen atoms in total. The predicted octanol–water partition coefficient (Wildman–Crippen LogP) is 0.933. The van der Waals surface area contributed by atoms with Crippen LogP contribution in [0.15, 0.2) is 6.33 Å². The largest absolute Gasteiger partial charge is 0.481 e. The number of aromatic nitrogens is 3. The van der Waals surface area contributed by atoms with Gasteiger partial charge in [0.15, 0.2) is 0 Å². The molecule has 0 saturated carbocycles. The van der Waals surface area contributed by atoms with Crippen LogP contribution in [0.2, 0.25) is 0 Å². The van der Waals surface area contributed by atoms with Crippen LogP contribution in [0.5, 0.6) is 0 Å². The van der Waals surface area contributed by atoms with E-state index in [2.05, 4.69) is 15.2 Å².